The van der Waals surface area contributed by atoms with Crippen molar-refractivity contribution < 1.29 is 0 Å². The molecule has 0 spiro atoms. The second-order valence-electron chi connectivity index (χ2n) is 2.52. The largest absolute Gasteiger partial charge is 0.110 e. The first-order valence-electron chi connectivity index (χ1n) is 3.82. The zero-order valence-corrected chi connectivity index (χ0v) is 8.04. The van der Waals surface area contributed by atoms with Crippen LogP contribution < -0.4 is 0 Å². The molecule has 0 nitrogen and oxygen atoms in total. The van der Waals surface area contributed by atoms with E-state index in [0.717, 1.165) is 4.58 Å². The molecule has 1 aromatic rings. The first kappa shape index (κ1) is 7.56. The maximum Gasteiger partial charge on any atom is 0.0595 e. The predicted octanol–water partition coefficient (Wildman–Crippen LogP) is 3.62. The molecule has 0 unspecified atom stereocenters. The van der Waals surface area contributed by atoms with E-state index in [4.69, 9.17) is 0 Å². The van der Waals surface area contributed by atoms with Crippen molar-refractivity contribution in [2.45, 2.75) is 27.7 Å². The summed E-state index contributed by atoms with van der Waals surface area (Å²) in [5.41, 5.74) is 0. The van der Waals surface area contributed by atoms with Gasteiger partial charge in [0.25, 0.3) is 0 Å². The number of hydrogen-bond donors (Lipinski definition) is 0. The Balaban J connectivity index is 2.27. The molecule has 1 aromatic carbocycles. The van der Waals surface area contributed by atoms with Crippen LogP contribution in [0.4, 0.5) is 0 Å². The van der Waals surface area contributed by atoms with Gasteiger partial charge in [0.1, 0.15) is 0 Å². The smallest absolute Gasteiger partial charge is 0.0595 e. The number of rotatable bonds is 1. The van der Waals surface area contributed by atoms with E-state index in [1.165, 1.54) is 16.2 Å². The lowest BCUT2D eigenvalue weighted by atomic mass is 10.4. The lowest BCUT2D eigenvalue weighted by molar-refractivity contribution is 1.06. The van der Waals surface area contributed by atoms with Crippen molar-refractivity contribution in [2.75, 3.05) is 0 Å². The maximum atomic E-state index is 2.25. The van der Waals surface area contributed by atoms with E-state index in [1.54, 1.807) is 0 Å². The third kappa shape index (κ3) is 1.42. The summed E-state index contributed by atoms with van der Waals surface area (Å²) < 4.78 is 0.757. The van der Waals surface area contributed by atoms with E-state index in [9.17, 15) is 0 Å². The standard InChI is InChI=1S/C9H10S2/c1-2-9-10-7-5-3-4-6-8(7)11-9/h3-6,9H,2H2,1H3. The highest BCUT2D eigenvalue weighted by molar-refractivity contribution is 8.19. The fourth-order valence-corrected chi connectivity index (χ4v) is 3.80. The van der Waals surface area contributed by atoms with Crippen molar-refractivity contribution in [1.29, 1.82) is 0 Å². The Morgan fingerprint density at radius 3 is 2.18 bits per heavy atom. The minimum atomic E-state index is 0.757. The molecule has 0 aromatic heterocycles. The molecule has 1 aliphatic heterocycles. The minimum absolute atomic E-state index is 0.757. The van der Waals surface area contributed by atoms with E-state index < -0.39 is 0 Å². The van der Waals surface area contributed by atoms with Crippen LogP contribution in [0.2, 0.25) is 0 Å². The van der Waals surface area contributed by atoms with Crippen molar-refractivity contribution in [3.63, 3.8) is 0 Å². The van der Waals surface area contributed by atoms with Gasteiger partial charge in [-0.3, -0.25) is 0 Å². The Labute approximate surface area is 75.8 Å². The molecule has 0 saturated heterocycles. The van der Waals surface area contributed by atoms with Crippen LogP contribution in [0.5, 0.6) is 0 Å². The molecule has 0 fully saturated rings. The average molecular weight is 182 g/mol. The molecule has 58 valence electrons. The zero-order chi connectivity index (χ0) is 7.68. The van der Waals surface area contributed by atoms with Gasteiger partial charge < -0.3 is 0 Å². The fourth-order valence-electron chi connectivity index (χ4n) is 1.12. The van der Waals surface area contributed by atoms with Crippen LogP contribution in [0.3, 0.4) is 0 Å². The van der Waals surface area contributed by atoms with E-state index in [1.807, 2.05) is 23.5 Å². The summed E-state index contributed by atoms with van der Waals surface area (Å²) in [5.74, 6) is 0. The van der Waals surface area contributed by atoms with E-state index in [0.29, 0.717) is 0 Å². The third-order valence-corrected chi connectivity index (χ3v) is 4.82. The van der Waals surface area contributed by atoms with Crippen LogP contribution >= 0.6 is 23.5 Å². The van der Waals surface area contributed by atoms with Gasteiger partial charge in [0.05, 0.1) is 4.58 Å². The van der Waals surface area contributed by atoms with Gasteiger partial charge in [0, 0.05) is 9.79 Å². The lowest BCUT2D eigenvalue weighted by Gasteiger charge is -1.99. The Bertz CT molecular complexity index is 232. The molecule has 0 N–H and O–H groups in total. The summed E-state index contributed by atoms with van der Waals surface area (Å²) in [4.78, 5) is 2.92. The second kappa shape index (κ2) is 3.11. The topological polar surface area (TPSA) is 0 Å². The highest BCUT2D eigenvalue weighted by Crippen LogP contribution is 2.48. The first-order chi connectivity index (χ1) is 5.40. The van der Waals surface area contributed by atoms with Crippen molar-refractivity contribution in [2.24, 2.45) is 0 Å². The van der Waals surface area contributed by atoms with Gasteiger partial charge in [0.2, 0.25) is 0 Å². The van der Waals surface area contributed by atoms with Gasteiger partial charge in [-0.05, 0) is 18.6 Å². The summed E-state index contributed by atoms with van der Waals surface area (Å²) in [7, 11) is 0. The fraction of sp³-hybridized carbons (Fsp3) is 0.333. The van der Waals surface area contributed by atoms with Crippen molar-refractivity contribution >= 4 is 23.5 Å². The van der Waals surface area contributed by atoms with Crippen molar-refractivity contribution in [3.05, 3.63) is 24.3 Å². The van der Waals surface area contributed by atoms with Gasteiger partial charge in [-0.25, -0.2) is 0 Å². The first-order valence-corrected chi connectivity index (χ1v) is 5.58. The SMILES string of the molecule is CCC1Sc2ccccc2S1. The highest BCUT2D eigenvalue weighted by atomic mass is 32.2. The molecule has 0 atom stereocenters. The van der Waals surface area contributed by atoms with E-state index >= 15 is 0 Å². The normalized spacial score (nSPS) is 16.8. The zero-order valence-electron chi connectivity index (χ0n) is 6.41. The van der Waals surface area contributed by atoms with Crippen LogP contribution in [0.25, 0.3) is 0 Å². The molecule has 2 rings (SSSR count). The molecule has 0 aliphatic carbocycles. The lowest BCUT2D eigenvalue weighted by Crippen LogP contribution is -1.84. The molecule has 11 heavy (non-hydrogen) atoms. The number of benzene rings is 1. The average Bonchev–Trinajstić information content (AvgIpc) is 2.46. The number of thioether (sulfide) groups is 2. The summed E-state index contributed by atoms with van der Waals surface area (Å²) in [6, 6.07) is 8.65. The highest BCUT2D eigenvalue weighted by Gasteiger charge is 2.20. The predicted molar refractivity (Wildman–Crippen MR) is 52.2 cm³/mol. The molecular weight excluding hydrogens is 172 g/mol. The summed E-state index contributed by atoms with van der Waals surface area (Å²) >= 11 is 4.00. The maximum absolute atomic E-state index is 2.25. The van der Waals surface area contributed by atoms with Crippen LogP contribution in [0, 0.1) is 0 Å². The Morgan fingerprint density at radius 1 is 1.18 bits per heavy atom. The Morgan fingerprint density at radius 2 is 1.73 bits per heavy atom. The monoisotopic (exact) mass is 182 g/mol. The Hall–Kier alpha value is -0.0800. The molecular formula is C9H10S2. The molecule has 0 radical (unpaired) electrons. The second-order valence-corrected chi connectivity index (χ2v) is 5.31. The van der Waals surface area contributed by atoms with E-state index in [-0.39, 0.29) is 0 Å². The summed E-state index contributed by atoms with van der Waals surface area (Å²) in [6.07, 6.45) is 1.25. The molecule has 2 heteroatoms. The van der Waals surface area contributed by atoms with Gasteiger partial charge in [0.15, 0.2) is 0 Å². The molecule has 1 heterocycles. The van der Waals surface area contributed by atoms with E-state index in [2.05, 4.69) is 31.2 Å². The van der Waals surface area contributed by atoms with Crippen LogP contribution in [-0.2, 0) is 0 Å². The van der Waals surface area contributed by atoms with Crippen molar-refractivity contribution in [1.82, 2.24) is 0 Å². The molecule has 0 amide bonds. The van der Waals surface area contributed by atoms with Crippen LogP contribution in [0.1, 0.15) is 13.3 Å². The van der Waals surface area contributed by atoms with Gasteiger partial charge in [-0.1, -0.05) is 19.1 Å². The molecule has 0 bridgehead atoms. The third-order valence-electron chi connectivity index (χ3n) is 1.70. The number of hydrogen-bond acceptors (Lipinski definition) is 2. The van der Waals surface area contributed by atoms with Crippen molar-refractivity contribution in [3.8, 4) is 0 Å². The molecule has 0 saturated carbocycles. The quantitative estimate of drug-likeness (QED) is 0.650. The van der Waals surface area contributed by atoms with Crippen LogP contribution in [0.15, 0.2) is 34.1 Å². The summed E-state index contributed by atoms with van der Waals surface area (Å²) in [5, 5.41) is 0. The Kier molecular flexibility index (Phi) is 2.14. The van der Waals surface area contributed by atoms with Gasteiger partial charge in [-0.2, -0.15) is 0 Å². The summed E-state index contributed by atoms with van der Waals surface area (Å²) in [6.45, 7) is 2.25. The molecule has 1 aliphatic rings. The van der Waals surface area contributed by atoms with Gasteiger partial charge >= 0.3 is 0 Å². The van der Waals surface area contributed by atoms with Gasteiger partial charge in [-0.15, -0.1) is 23.5 Å². The van der Waals surface area contributed by atoms with Crippen LogP contribution in [-0.4, -0.2) is 4.58 Å². The minimum Gasteiger partial charge on any atom is -0.110 e. The number of fused-ring (bicyclic) bond motifs is 1.